The molecular formula is C19H30Cl2N4O2. The Morgan fingerprint density at radius 1 is 1.19 bits per heavy atom. The van der Waals surface area contributed by atoms with Gasteiger partial charge < -0.3 is 19.9 Å². The molecule has 0 radical (unpaired) electrons. The number of carbonyl (C=O) groups excluding carboxylic acids is 1. The number of aryl methyl sites for hydroxylation is 1. The van der Waals surface area contributed by atoms with Crippen LogP contribution in [0.4, 0.5) is 0 Å². The van der Waals surface area contributed by atoms with Gasteiger partial charge in [-0.15, -0.1) is 24.8 Å². The van der Waals surface area contributed by atoms with E-state index in [1.54, 1.807) is 6.20 Å². The first-order valence-electron chi connectivity index (χ1n) is 8.61. The Labute approximate surface area is 173 Å². The van der Waals surface area contributed by atoms with Gasteiger partial charge >= 0.3 is 0 Å². The zero-order valence-corrected chi connectivity index (χ0v) is 17.7. The Kier molecular flexibility index (Phi) is 11.8. The van der Waals surface area contributed by atoms with Gasteiger partial charge in [-0.2, -0.15) is 0 Å². The minimum atomic E-state index is -0.242. The lowest BCUT2D eigenvalue weighted by Crippen LogP contribution is -2.43. The monoisotopic (exact) mass is 416 g/mol. The predicted octanol–water partition coefficient (Wildman–Crippen LogP) is 3.20. The highest BCUT2D eigenvalue weighted by Crippen LogP contribution is 2.12. The van der Waals surface area contributed by atoms with Gasteiger partial charge in [0.2, 0.25) is 0 Å². The van der Waals surface area contributed by atoms with Gasteiger partial charge in [-0.1, -0.05) is 12.1 Å². The number of imidazole rings is 1. The van der Waals surface area contributed by atoms with Crippen LogP contribution in [0.5, 0.6) is 5.75 Å². The summed E-state index contributed by atoms with van der Waals surface area (Å²) in [5.74, 6) is 0.587. The van der Waals surface area contributed by atoms with Crippen molar-refractivity contribution in [3.63, 3.8) is 0 Å². The van der Waals surface area contributed by atoms with Crippen molar-refractivity contribution in [2.24, 2.45) is 0 Å². The predicted molar refractivity (Wildman–Crippen MR) is 113 cm³/mol. The quantitative estimate of drug-likeness (QED) is 0.615. The maximum Gasteiger partial charge on any atom is 0.258 e. The van der Waals surface area contributed by atoms with Crippen molar-refractivity contribution in [2.75, 3.05) is 13.2 Å². The summed E-state index contributed by atoms with van der Waals surface area (Å²) in [5.41, 5.74) is 0.947. The average Bonchev–Trinajstić information content (AvgIpc) is 3.05. The van der Waals surface area contributed by atoms with E-state index >= 15 is 0 Å². The van der Waals surface area contributed by atoms with Crippen molar-refractivity contribution >= 4 is 30.7 Å². The molecule has 152 valence electrons. The zero-order valence-electron chi connectivity index (χ0n) is 16.1. The molecule has 1 amide bonds. The molecule has 0 bridgehead atoms. The minimum absolute atomic E-state index is 0. The molecule has 0 spiro atoms. The fourth-order valence-electron chi connectivity index (χ4n) is 2.35. The van der Waals surface area contributed by atoms with Crippen molar-refractivity contribution < 1.29 is 9.53 Å². The van der Waals surface area contributed by atoms with E-state index in [2.05, 4.69) is 20.2 Å². The third-order valence-corrected chi connectivity index (χ3v) is 3.47. The number of hydrogen-bond donors (Lipinski definition) is 2. The normalized spacial score (nSPS) is 10.5. The van der Waals surface area contributed by atoms with Crippen molar-refractivity contribution in [1.82, 2.24) is 20.2 Å². The summed E-state index contributed by atoms with van der Waals surface area (Å²) in [6.45, 7) is 8.60. The highest BCUT2D eigenvalue weighted by Gasteiger charge is 2.13. The molecule has 0 aliphatic carbocycles. The lowest BCUT2D eigenvalue weighted by Gasteiger charge is -2.20. The molecule has 0 atom stereocenters. The molecular weight excluding hydrogens is 387 g/mol. The minimum Gasteiger partial charge on any atom is -0.484 e. The smallest absolute Gasteiger partial charge is 0.258 e. The van der Waals surface area contributed by atoms with Crippen LogP contribution >= 0.6 is 24.8 Å². The van der Waals surface area contributed by atoms with Gasteiger partial charge in [-0.3, -0.25) is 4.79 Å². The van der Waals surface area contributed by atoms with Crippen LogP contribution in [-0.2, 0) is 17.9 Å². The summed E-state index contributed by atoms with van der Waals surface area (Å²) in [7, 11) is 0. The van der Waals surface area contributed by atoms with Crippen LogP contribution in [0.3, 0.4) is 0 Å². The fourth-order valence-corrected chi connectivity index (χ4v) is 2.35. The van der Waals surface area contributed by atoms with E-state index in [1.165, 1.54) is 5.56 Å². The number of ether oxygens (including phenoxy) is 1. The van der Waals surface area contributed by atoms with E-state index in [0.717, 1.165) is 26.1 Å². The molecule has 0 unspecified atom stereocenters. The van der Waals surface area contributed by atoms with E-state index in [4.69, 9.17) is 4.74 Å². The Morgan fingerprint density at radius 3 is 2.48 bits per heavy atom. The Bertz CT molecular complexity index is 641. The largest absolute Gasteiger partial charge is 0.484 e. The van der Waals surface area contributed by atoms with Crippen LogP contribution in [-0.4, -0.2) is 34.1 Å². The molecule has 8 heteroatoms. The number of carbonyl (C=O) groups is 1. The van der Waals surface area contributed by atoms with Gasteiger partial charge in [0.25, 0.3) is 5.91 Å². The van der Waals surface area contributed by atoms with E-state index in [9.17, 15) is 4.79 Å². The summed E-state index contributed by atoms with van der Waals surface area (Å²) < 4.78 is 7.58. The van der Waals surface area contributed by atoms with Crippen LogP contribution in [0, 0.1) is 0 Å². The second-order valence-corrected chi connectivity index (χ2v) is 7.06. The van der Waals surface area contributed by atoms with Gasteiger partial charge in [0.15, 0.2) is 6.61 Å². The van der Waals surface area contributed by atoms with Crippen LogP contribution in [0.1, 0.15) is 32.8 Å². The molecule has 1 aromatic heterocycles. The van der Waals surface area contributed by atoms with Crippen molar-refractivity contribution in [1.29, 1.82) is 0 Å². The van der Waals surface area contributed by atoms with E-state index in [0.29, 0.717) is 5.75 Å². The molecule has 0 aliphatic rings. The average molecular weight is 417 g/mol. The molecule has 0 saturated carbocycles. The number of hydrogen-bond acceptors (Lipinski definition) is 4. The molecule has 6 nitrogen and oxygen atoms in total. The number of nitrogens with one attached hydrogen (secondary N) is 2. The lowest BCUT2D eigenvalue weighted by molar-refractivity contribution is -0.124. The fraction of sp³-hybridized carbons (Fsp3) is 0.474. The molecule has 0 fully saturated rings. The summed E-state index contributed by atoms with van der Waals surface area (Å²) >= 11 is 0. The first kappa shape index (κ1) is 25.2. The lowest BCUT2D eigenvalue weighted by atomic mass is 10.1. The third-order valence-electron chi connectivity index (χ3n) is 3.47. The summed E-state index contributed by atoms with van der Waals surface area (Å²) in [5, 5.41) is 6.29. The summed E-state index contributed by atoms with van der Waals surface area (Å²) in [4.78, 5) is 15.8. The molecule has 0 saturated heterocycles. The number of benzene rings is 1. The van der Waals surface area contributed by atoms with Gasteiger partial charge in [0, 0.05) is 31.0 Å². The van der Waals surface area contributed by atoms with E-state index < -0.39 is 0 Å². The number of amides is 1. The van der Waals surface area contributed by atoms with Crippen LogP contribution in [0.15, 0.2) is 43.0 Å². The van der Waals surface area contributed by atoms with Gasteiger partial charge in [-0.05, 0) is 51.4 Å². The molecule has 0 aliphatic heterocycles. The Morgan fingerprint density at radius 2 is 1.89 bits per heavy atom. The Balaban J connectivity index is 0.00000338. The standard InChI is InChI=1S/C19H28N4O2.2ClH/c1-19(2,3)22-18(24)14-25-17-7-5-16(6-8-17)13-20-9-4-11-23-12-10-21-15-23;;/h5-8,10,12,15,20H,4,9,11,13-14H2,1-3H3,(H,22,24);2*1H. The Hall–Kier alpha value is -1.76. The molecule has 1 heterocycles. The highest BCUT2D eigenvalue weighted by atomic mass is 35.5. The number of aromatic nitrogens is 2. The maximum atomic E-state index is 11.7. The van der Waals surface area contributed by atoms with Crippen LogP contribution in [0.25, 0.3) is 0 Å². The summed E-state index contributed by atoms with van der Waals surface area (Å²) in [6.07, 6.45) is 6.66. The molecule has 2 rings (SSSR count). The molecule has 1 aromatic carbocycles. The maximum absolute atomic E-state index is 11.7. The van der Waals surface area contributed by atoms with Crippen LogP contribution in [0.2, 0.25) is 0 Å². The van der Waals surface area contributed by atoms with E-state index in [1.807, 2.05) is 57.6 Å². The van der Waals surface area contributed by atoms with Gasteiger partial charge in [0.05, 0.1) is 6.33 Å². The number of nitrogens with zero attached hydrogens (tertiary/aromatic N) is 2. The number of rotatable bonds is 9. The summed E-state index contributed by atoms with van der Waals surface area (Å²) in [6, 6.07) is 7.82. The first-order valence-corrected chi connectivity index (χ1v) is 8.61. The molecule has 27 heavy (non-hydrogen) atoms. The van der Waals surface area contributed by atoms with Gasteiger partial charge in [-0.25, -0.2) is 4.98 Å². The van der Waals surface area contributed by atoms with Crippen LogP contribution < -0.4 is 15.4 Å². The van der Waals surface area contributed by atoms with Crippen molar-refractivity contribution in [3.8, 4) is 5.75 Å². The molecule has 2 aromatic rings. The SMILES string of the molecule is CC(C)(C)NC(=O)COc1ccc(CNCCCn2ccnc2)cc1.Cl.Cl. The molecule has 2 N–H and O–H groups in total. The van der Waals surface area contributed by atoms with Crippen molar-refractivity contribution in [3.05, 3.63) is 48.5 Å². The topological polar surface area (TPSA) is 68.2 Å². The number of halogens is 2. The zero-order chi connectivity index (χ0) is 18.1. The van der Waals surface area contributed by atoms with Gasteiger partial charge in [0.1, 0.15) is 5.75 Å². The highest BCUT2D eigenvalue weighted by molar-refractivity contribution is 5.85. The van der Waals surface area contributed by atoms with Crippen molar-refractivity contribution in [2.45, 2.75) is 45.8 Å². The first-order chi connectivity index (χ1) is 11.9. The third kappa shape index (κ3) is 10.9. The van der Waals surface area contributed by atoms with E-state index in [-0.39, 0.29) is 42.9 Å². The second-order valence-electron chi connectivity index (χ2n) is 7.06. The second kappa shape index (κ2) is 12.6.